The number of rotatable bonds is 7. The first-order chi connectivity index (χ1) is 16.2. The minimum absolute atomic E-state index is 0.618. The molecule has 0 spiro atoms. The van der Waals surface area contributed by atoms with Gasteiger partial charge in [0.05, 0.1) is 12.1 Å². The van der Waals surface area contributed by atoms with E-state index < -0.39 is 0 Å². The highest BCUT2D eigenvalue weighted by molar-refractivity contribution is 5.92. The molecule has 1 aliphatic heterocycles. The first-order valence-corrected chi connectivity index (χ1v) is 11.6. The molecule has 33 heavy (non-hydrogen) atoms. The zero-order valence-corrected chi connectivity index (χ0v) is 19.3. The van der Waals surface area contributed by atoms with E-state index in [1.165, 1.54) is 11.3 Å². The Bertz CT molecular complexity index is 1230. The molecule has 170 valence electrons. The largest absolute Gasteiger partial charge is 0.465 e. The van der Waals surface area contributed by atoms with Gasteiger partial charge < -0.3 is 24.9 Å². The van der Waals surface area contributed by atoms with Gasteiger partial charge in [0.2, 0.25) is 0 Å². The van der Waals surface area contributed by atoms with E-state index in [2.05, 4.69) is 76.0 Å². The van der Waals surface area contributed by atoms with Gasteiger partial charge in [0.1, 0.15) is 17.3 Å². The topological polar surface area (TPSA) is 56.6 Å². The molecular formula is C27H31N5O. The van der Waals surface area contributed by atoms with Gasteiger partial charge in [-0.15, -0.1) is 0 Å². The second-order valence-corrected chi connectivity index (χ2v) is 8.71. The lowest BCUT2D eigenvalue weighted by atomic mass is 10.1. The maximum Gasteiger partial charge on any atom is 0.127 e. The van der Waals surface area contributed by atoms with Gasteiger partial charge in [-0.25, -0.2) is 4.98 Å². The summed E-state index contributed by atoms with van der Waals surface area (Å²) in [4.78, 5) is 9.69. The fourth-order valence-corrected chi connectivity index (χ4v) is 4.37. The van der Waals surface area contributed by atoms with Crippen molar-refractivity contribution < 1.29 is 4.42 Å². The third kappa shape index (κ3) is 4.96. The Balaban J connectivity index is 1.30. The number of hydrogen-bond donors (Lipinski definition) is 2. The third-order valence-corrected chi connectivity index (χ3v) is 6.28. The van der Waals surface area contributed by atoms with Crippen LogP contribution in [-0.2, 0) is 13.1 Å². The molecule has 0 atom stereocenters. The van der Waals surface area contributed by atoms with Crippen LogP contribution < -0.4 is 15.5 Å². The Labute approximate surface area is 195 Å². The van der Waals surface area contributed by atoms with Crippen molar-refractivity contribution in [3.05, 3.63) is 83.8 Å². The number of benzene rings is 2. The van der Waals surface area contributed by atoms with Crippen LogP contribution in [0.4, 0.5) is 17.2 Å². The van der Waals surface area contributed by atoms with Crippen molar-refractivity contribution in [3.8, 4) is 0 Å². The van der Waals surface area contributed by atoms with Gasteiger partial charge in [-0.05, 0) is 62.0 Å². The van der Waals surface area contributed by atoms with Crippen molar-refractivity contribution in [2.24, 2.45) is 0 Å². The lowest BCUT2D eigenvalue weighted by molar-refractivity contribution is 0.312. The summed E-state index contributed by atoms with van der Waals surface area (Å²) in [6.07, 6.45) is 0. The number of fused-ring (bicyclic) bond motifs is 1. The molecule has 1 aliphatic rings. The van der Waals surface area contributed by atoms with Gasteiger partial charge in [0.25, 0.3) is 0 Å². The lowest BCUT2D eigenvalue weighted by Gasteiger charge is -2.35. The summed E-state index contributed by atoms with van der Waals surface area (Å²) in [7, 11) is 2.19. The van der Waals surface area contributed by atoms with Crippen molar-refractivity contribution in [1.82, 2.24) is 9.88 Å². The quantitative estimate of drug-likeness (QED) is 0.416. The fraction of sp³-hybridized carbons (Fsp3) is 0.296. The number of likely N-dealkylation sites (N-methyl/N-ethyl adjacent to an activating group) is 1. The fourth-order valence-electron chi connectivity index (χ4n) is 4.37. The molecule has 2 aromatic heterocycles. The van der Waals surface area contributed by atoms with Crippen LogP contribution >= 0.6 is 0 Å². The second-order valence-electron chi connectivity index (χ2n) is 8.71. The number of nitrogens with zero attached hydrogens (tertiary/aromatic N) is 3. The molecular weight excluding hydrogens is 410 g/mol. The minimum Gasteiger partial charge on any atom is -0.465 e. The monoisotopic (exact) mass is 441 g/mol. The van der Waals surface area contributed by atoms with Gasteiger partial charge in [0.15, 0.2) is 0 Å². The zero-order valence-electron chi connectivity index (χ0n) is 19.3. The van der Waals surface area contributed by atoms with Crippen LogP contribution in [0.2, 0.25) is 0 Å². The molecule has 6 nitrogen and oxygen atoms in total. The van der Waals surface area contributed by atoms with Crippen LogP contribution in [0.15, 0.2) is 71.1 Å². The van der Waals surface area contributed by atoms with E-state index in [-0.39, 0.29) is 0 Å². The first-order valence-electron chi connectivity index (χ1n) is 11.6. The molecule has 0 unspecified atom stereocenters. The van der Waals surface area contributed by atoms with Crippen LogP contribution in [0.1, 0.15) is 17.1 Å². The van der Waals surface area contributed by atoms with E-state index in [1.807, 2.05) is 25.1 Å². The summed E-state index contributed by atoms with van der Waals surface area (Å²) in [5, 5.41) is 8.14. The Morgan fingerprint density at radius 2 is 1.70 bits per heavy atom. The van der Waals surface area contributed by atoms with E-state index in [9.17, 15) is 0 Å². The van der Waals surface area contributed by atoms with E-state index in [0.717, 1.165) is 66.7 Å². The molecule has 0 amide bonds. The maximum absolute atomic E-state index is 5.64. The van der Waals surface area contributed by atoms with Crippen LogP contribution in [0.25, 0.3) is 10.9 Å². The average Bonchev–Trinajstić information content (AvgIpc) is 3.27. The molecule has 0 bridgehead atoms. The summed E-state index contributed by atoms with van der Waals surface area (Å²) >= 11 is 0. The molecule has 0 aliphatic carbocycles. The van der Waals surface area contributed by atoms with E-state index >= 15 is 0 Å². The highest BCUT2D eigenvalue weighted by atomic mass is 16.3. The normalized spacial score (nSPS) is 14.5. The van der Waals surface area contributed by atoms with Gasteiger partial charge in [0, 0.05) is 49.5 Å². The van der Waals surface area contributed by atoms with Crippen LogP contribution in [0.5, 0.6) is 0 Å². The van der Waals surface area contributed by atoms with Gasteiger partial charge in [-0.1, -0.05) is 24.3 Å². The Morgan fingerprint density at radius 1 is 0.848 bits per heavy atom. The smallest absolute Gasteiger partial charge is 0.127 e. The number of hydrogen-bond acceptors (Lipinski definition) is 6. The Kier molecular flexibility index (Phi) is 6.17. The van der Waals surface area contributed by atoms with Gasteiger partial charge in [-0.3, -0.25) is 0 Å². The molecule has 4 aromatic rings. The van der Waals surface area contributed by atoms with E-state index in [0.29, 0.717) is 6.54 Å². The predicted octanol–water partition coefficient (Wildman–Crippen LogP) is 5.11. The SMILES string of the molecule is Cc1ccc(CNc2ccc3c(NCc4ccccc4N4CCN(C)CC4)cccc3n2)o1. The van der Waals surface area contributed by atoms with Crippen LogP contribution in [0.3, 0.4) is 0 Å². The van der Waals surface area contributed by atoms with Crippen molar-refractivity contribution in [2.75, 3.05) is 48.8 Å². The maximum atomic E-state index is 5.64. The number of pyridine rings is 1. The molecule has 1 fully saturated rings. The average molecular weight is 442 g/mol. The highest BCUT2D eigenvalue weighted by Gasteiger charge is 2.16. The summed E-state index contributed by atoms with van der Waals surface area (Å²) in [6.45, 7) is 7.69. The van der Waals surface area contributed by atoms with Gasteiger partial charge >= 0.3 is 0 Å². The molecule has 2 aromatic carbocycles. The Morgan fingerprint density at radius 3 is 2.52 bits per heavy atom. The minimum atomic E-state index is 0.618. The number of aryl methyl sites for hydroxylation is 1. The number of furan rings is 1. The standard InChI is InChI=1S/C27H31N5O/c1-20-10-11-22(33-20)19-29-27-13-12-23-24(7-5-8-25(23)30-27)28-18-21-6-3-4-9-26(21)32-16-14-31(2)15-17-32/h3-13,28H,14-19H2,1-2H3,(H,29,30). The number of anilines is 3. The summed E-state index contributed by atoms with van der Waals surface area (Å²) in [6, 6.07) is 23.1. The van der Waals surface area contributed by atoms with Crippen LogP contribution in [-0.4, -0.2) is 43.1 Å². The van der Waals surface area contributed by atoms with Crippen molar-refractivity contribution in [3.63, 3.8) is 0 Å². The number of aromatic nitrogens is 1. The number of piperazine rings is 1. The predicted molar refractivity (Wildman–Crippen MR) is 136 cm³/mol. The molecule has 5 rings (SSSR count). The molecule has 2 N–H and O–H groups in total. The van der Waals surface area contributed by atoms with Gasteiger partial charge in [-0.2, -0.15) is 0 Å². The molecule has 0 saturated carbocycles. The third-order valence-electron chi connectivity index (χ3n) is 6.28. The summed E-state index contributed by atoms with van der Waals surface area (Å²) in [5.74, 6) is 2.67. The van der Waals surface area contributed by atoms with Crippen LogP contribution in [0, 0.1) is 6.92 Å². The van der Waals surface area contributed by atoms with Crippen molar-refractivity contribution in [2.45, 2.75) is 20.0 Å². The highest BCUT2D eigenvalue weighted by Crippen LogP contribution is 2.27. The zero-order chi connectivity index (χ0) is 22.6. The lowest BCUT2D eigenvalue weighted by Crippen LogP contribution is -2.44. The van der Waals surface area contributed by atoms with E-state index in [1.54, 1.807) is 0 Å². The molecule has 6 heteroatoms. The number of nitrogens with one attached hydrogen (secondary N) is 2. The van der Waals surface area contributed by atoms with E-state index in [4.69, 9.17) is 9.40 Å². The van der Waals surface area contributed by atoms with Crippen molar-refractivity contribution in [1.29, 1.82) is 0 Å². The Hall–Kier alpha value is -3.51. The molecule has 3 heterocycles. The second kappa shape index (κ2) is 9.55. The molecule has 0 radical (unpaired) electrons. The molecule has 1 saturated heterocycles. The summed E-state index contributed by atoms with van der Waals surface area (Å²) in [5.41, 5.74) is 4.71. The van der Waals surface area contributed by atoms with Crippen molar-refractivity contribution >= 4 is 28.1 Å². The number of para-hydroxylation sites is 1. The first kappa shape index (κ1) is 21.3. The summed E-state index contributed by atoms with van der Waals surface area (Å²) < 4.78 is 5.64.